The molecule has 0 aliphatic heterocycles. The van der Waals surface area contributed by atoms with Crippen molar-refractivity contribution >= 4 is 6.08 Å². The van der Waals surface area contributed by atoms with E-state index in [2.05, 4.69) is 11.5 Å². The van der Waals surface area contributed by atoms with Crippen molar-refractivity contribution in [3.63, 3.8) is 0 Å². The van der Waals surface area contributed by atoms with Gasteiger partial charge in [-0.05, 0) is 24.6 Å². The van der Waals surface area contributed by atoms with E-state index in [0.717, 1.165) is 18.7 Å². The van der Waals surface area contributed by atoms with Gasteiger partial charge in [0.1, 0.15) is 0 Å². The van der Waals surface area contributed by atoms with Crippen molar-refractivity contribution in [2.75, 3.05) is 0 Å². The second-order valence-corrected chi connectivity index (χ2v) is 2.59. The van der Waals surface area contributed by atoms with Crippen molar-refractivity contribution in [3.05, 3.63) is 30.1 Å². The summed E-state index contributed by atoms with van der Waals surface area (Å²) in [6.07, 6.45) is 6.47. The number of rotatable bonds is 3. The first-order chi connectivity index (χ1) is 5.88. The van der Waals surface area contributed by atoms with Gasteiger partial charge in [0, 0.05) is 24.5 Å². The van der Waals surface area contributed by atoms with Crippen LogP contribution < -0.4 is 0 Å². The van der Waals surface area contributed by atoms with Gasteiger partial charge >= 0.3 is 0 Å². The lowest BCUT2D eigenvalue weighted by molar-refractivity contribution is 0.678. The van der Waals surface area contributed by atoms with E-state index in [4.69, 9.17) is 5.26 Å². The van der Waals surface area contributed by atoms with Gasteiger partial charge in [0.2, 0.25) is 0 Å². The molecule has 1 heterocycles. The highest BCUT2D eigenvalue weighted by Crippen LogP contribution is 2.05. The Hall–Kier alpha value is -1.49. The van der Waals surface area contributed by atoms with E-state index in [1.54, 1.807) is 0 Å². The molecule has 0 aliphatic carbocycles. The fourth-order valence-electron chi connectivity index (χ4n) is 1.15. The quantitative estimate of drug-likeness (QED) is 0.624. The van der Waals surface area contributed by atoms with Crippen LogP contribution in [0.15, 0.2) is 24.4 Å². The van der Waals surface area contributed by atoms with Crippen LogP contribution in [0.25, 0.3) is 6.08 Å². The molecule has 0 fully saturated rings. The first kappa shape index (κ1) is 8.61. The maximum atomic E-state index is 8.34. The van der Waals surface area contributed by atoms with Crippen LogP contribution >= 0.6 is 0 Å². The van der Waals surface area contributed by atoms with Gasteiger partial charge in [-0.25, -0.2) is 0 Å². The molecule has 1 aromatic heterocycles. The minimum absolute atomic E-state index is 1.01. The van der Waals surface area contributed by atoms with E-state index in [1.165, 1.54) is 6.08 Å². The topological polar surface area (TPSA) is 28.7 Å². The zero-order chi connectivity index (χ0) is 8.81. The summed E-state index contributed by atoms with van der Waals surface area (Å²) in [5, 5.41) is 8.34. The summed E-state index contributed by atoms with van der Waals surface area (Å²) in [5.74, 6) is 0. The Morgan fingerprint density at radius 2 is 2.50 bits per heavy atom. The highest BCUT2D eigenvalue weighted by atomic mass is 15.0. The predicted molar refractivity (Wildman–Crippen MR) is 49.4 cm³/mol. The summed E-state index contributed by atoms with van der Waals surface area (Å²) in [4.78, 5) is 0. The van der Waals surface area contributed by atoms with Crippen molar-refractivity contribution < 1.29 is 0 Å². The van der Waals surface area contributed by atoms with Crippen LogP contribution in [-0.4, -0.2) is 4.57 Å². The van der Waals surface area contributed by atoms with Crippen LogP contribution in [-0.2, 0) is 6.54 Å². The number of hydrogen-bond donors (Lipinski definition) is 0. The summed E-state index contributed by atoms with van der Waals surface area (Å²) >= 11 is 0. The predicted octanol–water partition coefficient (Wildman–Crippen LogP) is 2.43. The number of nitriles is 1. The number of nitrogens with zero attached hydrogens (tertiary/aromatic N) is 2. The van der Waals surface area contributed by atoms with Crippen LogP contribution in [0.4, 0.5) is 0 Å². The monoisotopic (exact) mass is 160 g/mol. The van der Waals surface area contributed by atoms with E-state index in [0.29, 0.717) is 0 Å². The van der Waals surface area contributed by atoms with Gasteiger partial charge in [0.25, 0.3) is 0 Å². The largest absolute Gasteiger partial charge is 0.348 e. The highest BCUT2D eigenvalue weighted by molar-refractivity contribution is 5.48. The molecule has 0 radical (unpaired) electrons. The van der Waals surface area contributed by atoms with Crippen LogP contribution in [0.3, 0.4) is 0 Å². The lowest BCUT2D eigenvalue weighted by atomic mass is 10.3. The minimum atomic E-state index is 1.01. The van der Waals surface area contributed by atoms with E-state index >= 15 is 0 Å². The molecule has 0 atom stereocenters. The van der Waals surface area contributed by atoms with Crippen LogP contribution in [0.5, 0.6) is 0 Å². The summed E-state index contributed by atoms with van der Waals surface area (Å²) in [6, 6.07) is 5.98. The fourth-order valence-corrected chi connectivity index (χ4v) is 1.15. The van der Waals surface area contributed by atoms with E-state index in [9.17, 15) is 0 Å². The van der Waals surface area contributed by atoms with Gasteiger partial charge < -0.3 is 4.57 Å². The maximum absolute atomic E-state index is 8.34. The summed E-state index contributed by atoms with van der Waals surface area (Å²) in [6.45, 7) is 3.15. The standard InChI is InChI=1S/C10H12N2/c1-2-8-12-9-4-6-10(12)5-3-7-11/h3-6,9H,2,8H2,1H3. The molecule has 2 heteroatoms. The average molecular weight is 160 g/mol. The third-order valence-corrected chi connectivity index (χ3v) is 1.66. The van der Waals surface area contributed by atoms with Gasteiger partial charge in [-0.1, -0.05) is 6.92 Å². The Balaban J connectivity index is 2.78. The second kappa shape index (κ2) is 4.40. The molecule has 0 saturated heterocycles. The Kier molecular flexibility index (Phi) is 3.16. The molecule has 0 amide bonds. The molecule has 2 nitrogen and oxygen atoms in total. The van der Waals surface area contributed by atoms with Gasteiger partial charge in [0.05, 0.1) is 6.07 Å². The van der Waals surface area contributed by atoms with E-state index in [1.807, 2.05) is 30.5 Å². The third-order valence-electron chi connectivity index (χ3n) is 1.66. The van der Waals surface area contributed by atoms with Gasteiger partial charge in [-0.15, -0.1) is 0 Å². The molecule has 0 aliphatic rings. The highest BCUT2D eigenvalue weighted by Gasteiger charge is 1.93. The molecule has 0 bridgehead atoms. The van der Waals surface area contributed by atoms with Crippen molar-refractivity contribution in [3.8, 4) is 6.07 Å². The van der Waals surface area contributed by atoms with Crippen LogP contribution in [0.2, 0.25) is 0 Å². The molecule has 62 valence electrons. The normalized spacial score (nSPS) is 10.3. The SMILES string of the molecule is CCCn1cccc1C=CC#N. The molecule has 1 aromatic rings. The Morgan fingerprint density at radius 1 is 1.67 bits per heavy atom. The summed E-state index contributed by atoms with van der Waals surface area (Å²) < 4.78 is 2.13. The van der Waals surface area contributed by atoms with E-state index in [-0.39, 0.29) is 0 Å². The number of aromatic nitrogens is 1. The van der Waals surface area contributed by atoms with Crippen molar-refractivity contribution in [2.45, 2.75) is 19.9 Å². The third kappa shape index (κ3) is 2.00. The van der Waals surface area contributed by atoms with Crippen LogP contribution in [0.1, 0.15) is 19.0 Å². The molecule has 12 heavy (non-hydrogen) atoms. The maximum Gasteiger partial charge on any atom is 0.0912 e. The van der Waals surface area contributed by atoms with Crippen molar-refractivity contribution in [1.29, 1.82) is 5.26 Å². The van der Waals surface area contributed by atoms with Crippen molar-refractivity contribution in [2.24, 2.45) is 0 Å². The number of aryl methyl sites for hydroxylation is 1. The lowest BCUT2D eigenvalue weighted by Gasteiger charge is -2.02. The number of hydrogen-bond acceptors (Lipinski definition) is 1. The molecule has 0 aromatic carbocycles. The number of allylic oxidation sites excluding steroid dienone is 1. The van der Waals surface area contributed by atoms with Crippen molar-refractivity contribution in [1.82, 2.24) is 4.57 Å². The second-order valence-electron chi connectivity index (χ2n) is 2.59. The van der Waals surface area contributed by atoms with Gasteiger partial charge in [-0.2, -0.15) is 5.26 Å². The van der Waals surface area contributed by atoms with Gasteiger partial charge in [0.15, 0.2) is 0 Å². The molecular formula is C10H12N2. The minimum Gasteiger partial charge on any atom is -0.348 e. The molecule has 1 rings (SSSR count). The smallest absolute Gasteiger partial charge is 0.0912 e. The molecule has 0 spiro atoms. The van der Waals surface area contributed by atoms with E-state index < -0.39 is 0 Å². The van der Waals surface area contributed by atoms with Gasteiger partial charge in [-0.3, -0.25) is 0 Å². The molecule has 0 N–H and O–H groups in total. The zero-order valence-corrected chi connectivity index (χ0v) is 7.20. The first-order valence-corrected chi connectivity index (χ1v) is 4.09. The lowest BCUT2D eigenvalue weighted by Crippen LogP contribution is -1.96. The zero-order valence-electron chi connectivity index (χ0n) is 7.20. The summed E-state index contributed by atoms with van der Waals surface area (Å²) in [7, 11) is 0. The molecule has 0 unspecified atom stereocenters. The Bertz CT molecular complexity index is 302. The first-order valence-electron chi connectivity index (χ1n) is 4.09. The summed E-state index contributed by atoms with van der Waals surface area (Å²) in [5.41, 5.74) is 1.10. The fraction of sp³-hybridized carbons (Fsp3) is 0.300. The Labute approximate surface area is 72.7 Å². The Morgan fingerprint density at radius 3 is 3.17 bits per heavy atom. The molecule has 0 saturated carbocycles. The van der Waals surface area contributed by atoms with Crippen LogP contribution in [0, 0.1) is 11.3 Å². The molecular weight excluding hydrogens is 148 g/mol. The average Bonchev–Trinajstić information content (AvgIpc) is 2.50.